The molecule has 2 heterocycles. The van der Waals surface area contributed by atoms with Gasteiger partial charge in [-0.25, -0.2) is 4.98 Å². The van der Waals surface area contributed by atoms with Gasteiger partial charge in [-0.05, 0) is 19.1 Å². The summed E-state index contributed by atoms with van der Waals surface area (Å²) in [5.41, 5.74) is 0.757. The molecule has 18 heavy (non-hydrogen) atoms. The highest BCUT2D eigenvalue weighted by Crippen LogP contribution is 2.17. The number of hydrogen-bond acceptors (Lipinski definition) is 4. The molecule has 0 bridgehead atoms. The van der Waals surface area contributed by atoms with E-state index in [1.807, 2.05) is 25.1 Å². The Morgan fingerprint density at radius 2 is 2.17 bits per heavy atom. The van der Waals surface area contributed by atoms with Crippen molar-refractivity contribution < 1.29 is 8.42 Å². The summed E-state index contributed by atoms with van der Waals surface area (Å²) < 4.78 is 26.6. The van der Waals surface area contributed by atoms with Gasteiger partial charge >= 0.3 is 0 Å². The average Bonchev–Trinajstić information content (AvgIpc) is 2.57. The lowest BCUT2D eigenvalue weighted by Gasteiger charge is -2.15. The van der Waals surface area contributed by atoms with Gasteiger partial charge in [0.05, 0.1) is 12.2 Å². The molecule has 0 aromatic carbocycles. The van der Waals surface area contributed by atoms with E-state index in [4.69, 9.17) is 0 Å². The molecule has 0 saturated carbocycles. The quantitative estimate of drug-likeness (QED) is 0.865. The summed E-state index contributed by atoms with van der Waals surface area (Å²) >= 11 is 0. The lowest BCUT2D eigenvalue weighted by molar-refractivity contribution is 0.440. The largest absolute Gasteiger partial charge is 0.370 e. The predicted octanol–water partition coefficient (Wildman–Crippen LogP) is 0.506. The second-order valence-corrected chi connectivity index (χ2v) is 6.24. The lowest BCUT2D eigenvalue weighted by Crippen LogP contribution is -2.30. The molecule has 0 radical (unpaired) electrons. The lowest BCUT2D eigenvalue weighted by atomic mass is 10.3. The summed E-state index contributed by atoms with van der Waals surface area (Å²) in [6.07, 6.45) is 0. The van der Waals surface area contributed by atoms with E-state index in [-0.39, 0.29) is 0 Å². The van der Waals surface area contributed by atoms with Gasteiger partial charge in [0.15, 0.2) is 0 Å². The Morgan fingerprint density at radius 3 is 2.78 bits per heavy atom. The summed E-state index contributed by atoms with van der Waals surface area (Å²) in [6, 6.07) is 5.60. The first kappa shape index (κ1) is 13.3. The van der Waals surface area contributed by atoms with Crippen LogP contribution < -0.4 is 5.32 Å². The monoisotopic (exact) mass is 270 g/mol. The number of pyridine rings is 1. The zero-order valence-electron chi connectivity index (χ0n) is 10.6. The molecule has 1 aliphatic rings. The SMILES string of the molecule is CCNc1cccc(CN2CCN(C)S2(=O)=O)n1. The van der Waals surface area contributed by atoms with Crippen molar-refractivity contribution in [1.29, 1.82) is 0 Å². The summed E-state index contributed by atoms with van der Waals surface area (Å²) in [7, 11) is -1.69. The third-order valence-corrected chi connectivity index (χ3v) is 4.82. The molecule has 1 N–H and O–H groups in total. The zero-order chi connectivity index (χ0) is 13.2. The summed E-state index contributed by atoms with van der Waals surface area (Å²) in [4.78, 5) is 4.38. The van der Waals surface area contributed by atoms with Crippen LogP contribution in [0.1, 0.15) is 12.6 Å². The maximum absolute atomic E-state index is 11.9. The highest BCUT2D eigenvalue weighted by atomic mass is 32.2. The molecule has 7 heteroatoms. The number of likely N-dealkylation sites (N-methyl/N-ethyl adjacent to an activating group) is 1. The molecule has 1 aromatic heterocycles. The first-order valence-electron chi connectivity index (χ1n) is 5.95. The first-order chi connectivity index (χ1) is 8.54. The standard InChI is InChI=1S/C11H18N4O2S/c1-3-12-11-6-4-5-10(13-11)9-15-8-7-14(2)18(15,16)17/h4-6H,3,7-9H2,1-2H3,(H,12,13). The third kappa shape index (κ3) is 2.63. The van der Waals surface area contributed by atoms with Crippen LogP contribution in [0.15, 0.2) is 18.2 Å². The van der Waals surface area contributed by atoms with E-state index in [9.17, 15) is 8.42 Å². The topological polar surface area (TPSA) is 65.5 Å². The van der Waals surface area contributed by atoms with Gasteiger partial charge in [-0.1, -0.05) is 6.07 Å². The molecule has 0 aliphatic carbocycles. The van der Waals surface area contributed by atoms with Crippen LogP contribution in [0, 0.1) is 0 Å². The Morgan fingerprint density at radius 1 is 1.39 bits per heavy atom. The zero-order valence-corrected chi connectivity index (χ0v) is 11.4. The molecular weight excluding hydrogens is 252 g/mol. The van der Waals surface area contributed by atoms with Crippen LogP contribution in [-0.4, -0.2) is 48.7 Å². The molecule has 1 saturated heterocycles. The fourth-order valence-corrected chi connectivity index (χ4v) is 3.18. The number of aromatic nitrogens is 1. The van der Waals surface area contributed by atoms with Crippen LogP contribution in [0.25, 0.3) is 0 Å². The summed E-state index contributed by atoms with van der Waals surface area (Å²) in [5.74, 6) is 0.778. The van der Waals surface area contributed by atoms with Crippen molar-refractivity contribution in [2.75, 3.05) is 32.0 Å². The highest BCUT2D eigenvalue weighted by Gasteiger charge is 2.33. The Labute approximate surface area is 108 Å². The van der Waals surface area contributed by atoms with E-state index >= 15 is 0 Å². The van der Waals surface area contributed by atoms with Crippen molar-refractivity contribution in [1.82, 2.24) is 13.6 Å². The van der Waals surface area contributed by atoms with Crippen LogP contribution >= 0.6 is 0 Å². The molecule has 0 amide bonds. The van der Waals surface area contributed by atoms with Crippen LogP contribution in [0.5, 0.6) is 0 Å². The molecule has 6 nitrogen and oxygen atoms in total. The van der Waals surface area contributed by atoms with Crippen molar-refractivity contribution >= 4 is 16.0 Å². The van der Waals surface area contributed by atoms with E-state index in [2.05, 4.69) is 10.3 Å². The van der Waals surface area contributed by atoms with Gasteiger partial charge in [-0.2, -0.15) is 17.0 Å². The van der Waals surface area contributed by atoms with E-state index < -0.39 is 10.2 Å². The molecule has 100 valence electrons. The average molecular weight is 270 g/mol. The second-order valence-electron chi connectivity index (χ2n) is 4.21. The maximum atomic E-state index is 11.9. The minimum atomic E-state index is -3.28. The van der Waals surface area contributed by atoms with E-state index in [1.165, 1.54) is 8.61 Å². The van der Waals surface area contributed by atoms with Crippen molar-refractivity contribution in [2.45, 2.75) is 13.5 Å². The predicted molar refractivity (Wildman–Crippen MR) is 70.4 cm³/mol. The van der Waals surface area contributed by atoms with Gasteiger partial charge in [0.1, 0.15) is 5.82 Å². The van der Waals surface area contributed by atoms with Gasteiger partial charge in [-0.15, -0.1) is 0 Å². The molecule has 0 atom stereocenters. The number of rotatable bonds is 4. The van der Waals surface area contributed by atoms with E-state index in [0.717, 1.165) is 18.1 Å². The van der Waals surface area contributed by atoms with Gasteiger partial charge in [0.2, 0.25) is 0 Å². The summed E-state index contributed by atoms with van der Waals surface area (Å²) in [6.45, 7) is 4.17. The van der Waals surface area contributed by atoms with Crippen LogP contribution in [-0.2, 0) is 16.8 Å². The number of anilines is 1. The molecule has 0 unspecified atom stereocenters. The summed E-state index contributed by atoms with van der Waals surface area (Å²) in [5, 5.41) is 3.11. The normalized spacial score (nSPS) is 20.1. The van der Waals surface area contributed by atoms with E-state index in [1.54, 1.807) is 7.05 Å². The fourth-order valence-electron chi connectivity index (χ4n) is 1.87. The van der Waals surface area contributed by atoms with Crippen LogP contribution in [0.2, 0.25) is 0 Å². The Bertz CT molecular complexity index is 518. The molecule has 1 aromatic rings. The Balaban J connectivity index is 2.13. The number of nitrogens with one attached hydrogen (secondary N) is 1. The second kappa shape index (κ2) is 5.21. The molecular formula is C11H18N4O2S. The molecule has 2 rings (SSSR count). The smallest absolute Gasteiger partial charge is 0.282 e. The first-order valence-corrected chi connectivity index (χ1v) is 7.35. The van der Waals surface area contributed by atoms with Crippen molar-refractivity contribution in [3.8, 4) is 0 Å². The van der Waals surface area contributed by atoms with Gasteiger partial charge < -0.3 is 5.32 Å². The minimum Gasteiger partial charge on any atom is -0.370 e. The Kier molecular flexibility index (Phi) is 3.84. The third-order valence-electron chi connectivity index (χ3n) is 2.89. The maximum Gasteiger partial charge on any atom is 0.282 e. The van der Waals surface area contributed by atoms with Gasteiger partial charge in [-0.3, -0.25) is 0 Å². The Hall–Kier alpha value is -1.18. The number of hydrogen-bond donors (Lipinski definition) is 1. The fraction of sp³-hybridized carbons (Fsp3) is 0.545. The van der Waals surface area contributed by atoms with E-state index in [0.29, 0.717) is 19.6 Å². The van der Waals surface area contributed by atoms with Crippen molar-refractivity contribution in [2.24, 2.45) is 0 Å². The molecule has 1 aliphatic heterocycles. The number of nitrogens with zero attached hydrogens (tertiary/aromatic N) is 3. The van der Waals surface area contributed by atoms with Gasteiger partial charge in [0.25, 0.3) is 10.2 Å². The van der Waals surface area contributed by atoms with Crippen molar-refractivity contribution in [3.63, 3.8) is 0 Å². The van der Waals surface area contributed by atoms with Gasteiger partial charge in [0, 0.05) is 26.7 Å². The minimum absolute atomic E-state index is 0.325. The van der Waals surface area contributed by atoms with Crippen LogP contribution in [0.4, 0.5) is 5.82 Å². The molecule has 0 spiro atoms. The molecule has 1 fully saturated rings. The van der Waals surface area contributed by atoms with Crippen LogP contribution in [0.3, 0.4) is 0 Å². The van der Waals surface area contributed by atoms with Crippen molar-refractivity contribution in [3.05, 3.63) is 23.9 Å². The highest BCUT2D eigenvalue weighted by molar-refractivity contribution is 7.86.